The maximum atomic E-state index is 8.89. The third-order valence-corrected chi connectivity index (χ3v) is 2.31. The number of benzene rings is 1. The third-order valence-electron chi connectivity index (χ3n) is 2.31. The van der Waals surface area contributed by atoms with Crippen LogP contribution in [0, 0.1) is 6.92 Å². The zero-order valence-electron chi connectivity index (χ0n) is 8.70. The number of aryl methyl sites for hydroxylation is 1. The normalized spacial score (nSPS) is 10.5. The van der Waals surface area contributed by atoms with E-state index in [-0.39, 0.29) is 6.61 Å². The lowest BCUT2D eigenvalue weighted by molar-refractivity contribution is 0.277. The summed E-state index contributed by atoms with van der Waals surface area (Å²) in [5, 5.41) is 8.89. The Morgan fingerprint density at radius 1 is 1.40 bits per heavy atom. The van der Waals surface area contributed by atoms with Crippen molar-refractivity contribution in [2.45, 2.75) is 20.0 Å². The third kappa shape index (κ3) is 2.44. The van der Waals surface area contributed by atoms with Gasteiger partial charge in [-0.25, -0.2) is 4.98 Å². The van der Waals surface area contributed by atoms with Crippen molar-refractivity contribution in [1.82, 2.24) is 9.97 Å². The summed E-state index contributed by atoms with van der Waals surface area (Å²) in [5.74, 6) is 0.893. The summed E-state index contributed by atoms with van der Waals surface area (Å²) in [6.07, 6.45) is 2.45. The zero-order chi connectivity index (χ0) is 10.7. The molecule has 0 fully saturated rings. The van der Waals surface area contributed by atoms with Gasteiger partial charge in [-0.05, 0) is 12.5 Å². The molecule has 78 valence electrons. The molecule has 3 nitrogen and oxygen atoms in total. The van der Waals surface area contributed by atoms with Gasteiger partial charge >= 0.3 is 0 Å². The predicted molar refractivity (Wildman–Crippen MR) is 58.5 cm³/mol. The van der Waals surface area contributed by atoms with E-state index in [4.69, 9.17) is 5.11 Å². The second-order valence-corrected chi connectivity index (χ2v) is 3.68. The van der Waals surface area contributed by atoms with Crippen LogP contribution in [0.2, 0.25) is 0 Å². The van der Waals surface area contributed by atoms with Crippen LogP contribution < -0.4 is 0 Å². The van der Waals surface area contributed by atoms with Crippen molar-refractivity contribution >= 4 is 0 Å². The number of aliphatic hydroxyl groups excluding tert-OH is 1. The van der Waals surface area contributed by atoms with Gasteiger partial charge in [-0.15, -0.1) is 0 Å². The van der Waals surface area contributed by atoms with E-state index in [0.29, 0.717) is 0 Å². The first-order chi connectivity index (χ1) is 7.28. The number of aromatic nitrogens is 2. The largest absolute Gasteiger partial charge is 0.390 e. The van der Waals surface area contributed by atoms with Gasteiger partial charge in [0.1, 0.15) is 5.82 Å². The SMILES string of the molecule is Cc1cccc(Cc2ncc(CO)[nH]2)c1. The van der Waals surface area contributed by atoms with Gasteiger partial charge in [0.15, 0.2) is 0 Å². The number of hydrogen-bond donors (Lipinski definition) is 2. The van der Waals surface area contributed by atoms with Crippen LogP contribution in [0.5, 0.6) is 0 Å². The van der Waals surface area contributed by atoms with Crippen molar-refractivity contribution in [3.8, 4) is 0 Å². The Hall–Kier alpha value is -1.61. The van der Waals surface area contributed by atoms with E-state index in [9.17, 15) is 0 Å². The molecule has 0 bridgehead atoms. The van der Waals surface area contributed by atoms with Gasteiger partial charge in [0.25, 0.3) is 0 Å². The summed E-state index contributed by atoms with van der Waals surface area (Å²) in [5.41, 5.74) is 3.24. The molecule has 2 aromatic rings. The molecule has 15 heavy (non-hydrogen) atoms. The van der Waals surface area contributed by atoms with Crippen molar-refractivity contribution in [3.63, 3.8) is 0 Å². The molecule has 0 aliphatic carbocycles. The van der Waals surface area contributed by atoms with Crippen LogP contribution in [-0.2, 0) is 13.0 Å². The van der Waals surface area contributed by atoms with E-state index in [0.717, 1.165) is 17.9 Å². The summed E-state index contributed by atoms with van der Waals surface area (Å²) < 4.78 is 0. The van der Waals surface area contributed by atoms with Crippen LogP contribution in [0.15, 0.2) is 30.5 Å². The summed E-state index contributed by atoms with van der Waals surface area (Å²) in [6.45, 7) is 2.09. The van der Waals surface area contributed by atoms with Crippen LogP contribution in [0.4, 0.5) is 0 Å². The van der Waals surface area contributed by atoms with Crippen molar-refractivity contribution in [2.24, 2.45) is 0 Å². The number of rotatable bonds is 3. The molecule has 0 radical (unpaired) electrons. The number of nitrogens with zero attached hydrogens (tertiary/aromatic N) is 1. The second kappa shape index (κ2) is 4.28. The van der Waals surface area contributed by atoms with E-state index in [2.05, 4.69) is 35.1 Å². The molecule has 3 heteroatoms. The lowest BCUT2D eigenvalue weighted by Gasteiger charge is -1.99. The maximum absolute atomic E-state index is 8.89. The topological polar surface area (TPSA) is 48.9 Å². The van der Waals surface area contributed by atoms with Crippen LogP contribution in [0.3, 0.4) is 0 Å². The molecular formula is C12H14N2O. The Morgan fingerprint density at radius 2 is 2.27 bits per heavy atom. The Morgan fingerprint density at radius 3 is 2.93 bits per heavy atom. The van der Waals surface area contributed by atoms with Gasteiger partial charge in [0.05, 0.1) is 18.5 Å². The molecule has 2 N–H and O–H groups in total. The fourth-order valence-electron chi connectivity index (χ4n) is 1.59. The molecule has 0 unspecified atom stereocenters. The molecule has 2 rings (SSSR count). The average molecular weight is 202 g/mol. The highest BCUT2D eigenvalue weighted by molar-refractivity contribution is 5.25. The molecule has 0 saturated carbocycles. The number of nitrogens with one attached hydrogen (secondary N) is 1. The summed E-state index contributed by atoms with van der Waals surface area (Å²) in [7, 11) is 0. The van der Waals surface area contributed by atoms with Crippen LogP contribution in [0.1, 0.15) is 22.6 Å². The van der Waals surface area contributed by atoms with E-state index in [1.807, 2.05) is 6.07 Å². The Balaban J connectivity index is 2.14. The second-order valence-electron chi connectivity index (χ2n) is 3.68. The Kier molecular flexibility index (Phi) is 2.83. The standard InChI is InChI=1S/C12H14N2O/c1-9-3-2-4-10(5-9)6-12-13-7-11(8-15)14-12/h2-5,7,15H,6,8H2,1H3,(H,13,14). The summed E-state index contributed by atoms with van der Waals surface area (Å²) >= 11 is 0. The number of aromatic amines is 1. The predicted octanol–water partition coefficient (Wildman–Crippen LogP) is 1.80. The minimum absolute atomic E-state index is 0.0147. The molecule has 0 amide bonds. The molecule has 1 heterocycles. The fraction of sp³-hybridized carbons (Fsp3) is 0.250. The molecule has 1 aromatic carbocycles. The first-order valence-electron chi connectivity index (χ1n) is 4.97. The molecule has 0 saturated heterocycles. The van der Waals surface area contributed by atoms with Gasteiger partial charge in [0, 0.05) is 6.42 Å². The first-order valence-corrected chi connectivity index (χ1v) is 4.97. The van der Waals surface area contributed by atoms with Gasteiger partial charge in [0.2, 0.25) is 0 Å². The molecule has 1 aromatic heterocycles. The highest BCUT2D eigenvalue weighted by Crippen LogP contribution is 2.08. The van der Waals surface area contributed by atoms with Gasteiger partial charge < -0.3 is 10.1 Å². The van der Waals surface area contributed by atoms with Crippen molar-refractivity contribution in [3.05, 3.63) is 53.1 Å². The Labute approximate surface area is 88.8 Å². The minimum atomic E-state index is 0.0147. The smallest absolute Gasteiger partial charge is 0.110 e. The van der Waals surface area contributed by atoms with Gasteiger partial charge in [-0.2, -0.15) is 0 Å². The van der Waals surface area contributed by atoms with Gasteiger partial charge in [-0.3, -0.25) is 0 Å². The van der Waals surface area contributed by atoms with E-state index in [1.165, 1.54) is 11.1 Å². The lowest BCUT2D eigenvalue weighted by atomic mass is 10.1. The van der Waals surface area contributed by atoms with E-state index in [1.54, 1.807) is 6.20 Å². The Bertz CT molecular complexity index is 448. The highest BCUT2D eigenvalue weighted by Gasteiger charge is 2.01. The van der Waals surface area contributed by atoms with Crippen LogP contribution >= 0.6 is 0 Å². The quantitative estimate of drug-likeness (QED) is 0.797. The zero-order valence-corrected chi connectivity index (χ0v) is 8.70. The maximum Gasteiger partial charge on any atom is 0.110 e. The molecular weight excluding hydrogens is 188 g/mol. The number of imidazole rings is 1. The number of aliphatic hydroxyl groups is 1. The van der Waals surface area contributed by atoms with E-state index < -0.39 is 0 Å². The van der Waals surface area contributed by atoms with Gasteiger partial charge in [-0.1, -0.05) is 29.8 Å². The van der Waals surface area contributed by atoms with E-state index >= 15 is 0 Å². The van der Waals surface area contributed by atoms with Crippen LogP contribution in [0.25, 0.3) is 0 Å². The highest BCUT2D eigenvalue weighted by atomic mass is 16.3. The van der Waals surface area contributed by atoms with Crippen molar-refractivity contribution in [2.75, 3.05) is 0 Å². The lowest BCUT2D eigenvalue weighted by Crippen LogP contribution is -1.91. The monoisotopic (exact) mass is 202 g/mol. The van der Waals surface area contributed by atoms with Crippen LogP contribution in [-0.4, -0.2) is 15.1 Å². The average Bonchev–Trinajstić information content (AvgIpc) is 2.65. The van der Waals surface area contributed by atoms with Crippen molar-refractivity contribution in [1.29, 1.82) is 0 Å². The molecule has 0 spiro atoms. The molecule has 0 atom stereocenters. The fourth-order valence-corrected chi connectivity index (χ4v) is 1.59. The first kappa shape index (κ1) is 9.93. The number of H-pyrrole nitrogens is 1. The van der Waals surface area contributed by atoms with Crippen molar-refractivity contribution < 1.29 is 5.11 Å². The number of hydrogen-bond acceptors (Lipinski definition) is 2. The molecule has 0 aliphatic heterocycles. The summed E-state index contributed by atoms with van der Waals surface area (Å²) in [6, 6.07) is 8.33. The summed E-state index contributed by atoms with van der Waals surface area (Å²) in [4.78, 5) is 7.27. The molecule has 0 aliphatic rings. The minimum Gasteiger partial charge on any atom is -0.390 e.